The molecule has 0 bridgehead atoms. The second-order valence-electron chi connectivity index (χ2n) is 5.19. The highest BCUT2D eigenvalue weighted by atomic mass is 16.5. The van der Waals surface area contributed by atoms with E-state index in [1.165, 1.54) is 0 Å². The molecule has 1 aliphatic carbocycles. The van der Waals surface area contributed by atoms with Gasteiger partial charge in [0.05, 0.1) is 21.3 Å². The lowest BCUT2D eigenvalue weighted by Crippen LogP contribution is -2.03. The van der Waals surface area contributed by atoms with Crippen LogP contribution in [0, 0.1) is 0 Å². The number of allylic oxidation sites excluding steroid dienone is 2. The molecule has 1 aliphatic rings. The van der Waals surface area contributed by atoms with Gasteiger partial charge in [-0.05, 0) is 42.9 Å². The van der Waals surface area contributed by atoms with Gasteiger partial charge < -0.3 is 19.3 Å². The number of benzene rings is 1. The van der Waals surface area contributed by atoms with Crippen LogP contribution >= 0.6 is 0 Å². The lowest BCUT2D eigenvalue weighted by atomic mass is 9.94. The van der Waals surface area contributed by atoms with Gasteiger partial charge in [0.15, 0.2) is 11.5 Å². The van der Waals surface area contributed by atoms with E-state index in [9.17, 15) is 4.79 Å². The predicted molar refractivity (Wildman–Crippen MR) is 83.9 cm³/mol. The molecule has 1 aromatic carbocycles. The minimum absolute atomic E-state index is 0.1000. The summed E-state index contributed by atoms with van der Waals surface area (Å²) in [7, 11) is 4.77. The number of aryl methyl sites for hydroxylation is 1. The molecule has 0 unspecified atom stereocenters. The first-order chi connectivity index (χ1) is 10.6. The van der Waals surface area contributed by atoms with Gasteiger partial charge in [-0.2, -0.15) is 0 Å². The van der Waals surface area contributed by atoms with Gasteiger partial charge in [-0.25, -0.2) is 0 Å². The average molecular weight is 306 g/mol. The van der Waals surface area contributed by atoms with Crippen molar-refractivity contribution < 1.29 is 24.1 Å². The number of methoxy groups -OCH3 is 3. The first-order valence-electron chi connectivity index (χ1n) is 7.35. The van der Waals surface area contributed by atoms with Crippen molar-refractivity contribution in [3.05, 3.63) is 23.3 Å². The molecule has 5 heteroatoms. The second-order valence-corrected chi connectivity index (χ2v) is 5.19. The van der Waals surface area contributed by atoms with Gasteiger partial charge in [0, 0.05) is 12.0 Å². The number of rotatable bonds is 6. The zero-order valence-electron chi connectivity index (χ0n) is 13.3. The van der Waals surface area contributed by atoms with Crippen LogP contribution in [0.4, 0.5) is 0 Å². The molecule has 0 spiro atoms. The van der Waals surface area contributed by atoms with Crippen LogP contribution in [0.2, 0.25) is 0 Å². The smallest absolute Gasteiger partial charge is 0.303 e. The zero-order valence-corrected chi connectivity index (χ0v) is 13.3. The Bertz CT molecular complexity index is 589. The van der Waals surface area contributed by atoms with Gasteiger partial charge in [0.25, 0.3) is 0 Å². The summed E-state index contributed by atoms with van der Waals surface area (Å²) in [5.41, 5.74) is 3.08. The Labute approximate surface area is 130 Å². The molecule has 120 valence electrons. The molecule has 5 nitrogen and oxygen atoms in total. The van der Waals surface area contributed by atoms with Crippen LogP contribution in [0.3, 0.4) is 0 Å². The van der Waals surface area contributed by atoms with Crippen LogP contribution in [0.5, 0.6) is 17.2 Å². The lowest BCUT2D eigenvalue weighted by molar-refractivity contribution is -0.136. The lowest BCUT2D eigenvalue weighted by Gasteiger charge is -2.20. The largest absolute Gasteiger partial charge is 0.493 e. The number of ether oxygens (including phenoxy) is 3. The van der Waals surface area contributed by atoms with Crippen molar-refractivity contribution in [2.24, 2.45) is 0 Å². The molecule has 0 fully saturated rings. The van der Waals surface area contributed by atoms with E-state index in [1.807, 2.05) is 6.07 Å². The monoisotopic (exact) mass is 306 g/mol. The first kappa shape index (κ1) is 16.2. The minimum Gasteiger partial charge on any atom is -0.493 e. The Morgan fingerprint density at radius 1 is 1.18 bits per heavy atom. The van der Waals surface area contributed by atoms with E-state index < -0.39 is 5.97 Å². The summed E-state index contributed by atoms with van der Waals surface area (Å²) in [6, 6.07) is 1.97. The van der Waals surface area contributed by atoms with Crippen molar-refractivity contribution in [3.8, 4) is 17.2 Å². The fourth-order valence-corrected chi connectivity index (χ4v) is 2.90. The molecule has 0 aliphatic heterocycles. The Balaban J connectivity index is 2.58. The summed E-state index contributed by atoms with van der Waals surface area (Å²) in [6.45, 7) is 0. The number of hydrogen-bond acceptors (Lipinski definition) is 4. The second kappa shape index (κ2) is 7.20. The molecule has 0 radical (unpaired) electrons. The molecule has 0 saturated carbocycles. The van der Waals surface area contributed by atoms with E-state index in [0.29, 0.717) is 23.7 Å². The molecular formula is C17H22O5. The topological polar surface area (TPSA) is 65.0 Å². The third-order valence-electron chi connectivity index (χ3n) is 3.88. The molecule has 1 N–H and O–H groups in total. The molecule has 0 aromatic heterocycles. The van der Waals surface area contributed by atoms with Crippen molar-refractivity contribution in [1.82, 2.24) is 0 Å². The van der Waals surface area contributed by atoms with Crippen LogP contribution in [0.15, 0.2) is 12.1 Å². The van der Waals surface area contributed by atoms with Gasteiger partial charge in [0.2, 0.25) is 5.75 Å². The standard InChI is InChI=1S/C17H22O5/c1-20-13-10-12-7-5-4-6-11(8-9-14(18)19)15(12)17(22-3)16(13)21-2/h6,10H,4-5,7-9H2,1-3H3,(H,18,19). The molecular weight excluding hydrogens is 284 g/mol. The number of carboxylic acids is 1. The molecule has 0 saturated heterocycles. The molecule has 0 amide bonds. The summed E-state index contributed by atoms with van der Waals surface area (Å²) in [4.78, 5) is 10.9. The van der Waals surface area contributed by atoms with Crippen molar-refractivity contribution in [1.29, 1.82) is 0 Å². The van der Waals surface area contributed by atoms with Crippen molar-refractivity contribution >= 4 is 11.5 Å². The maximum atomic E-state index is 10.9. The third-order valence-corrected chi connectivity index (χ3v) is 3.88. The van der Waals surface area contributed by atoms with E-state index in [4.69, 9.17) is 19.3 Å². The Morgan fingerprint density at radius 2 is 1.91 bits per heavy atom. The van der Waals surface area contributed by atoms with Gasteiger partial charge in [-0.1, -0.05) is 6.08 Å². The van der Waals surface area contributed by atoms with Gasteiger partial charge in [-0.15, -0.1) is 0 Å². The Hall–Kier alpha value is -2.17. The summed E-state index contributed by atoms with van der Waals surface area (Å²) >= 11 is 0. The minimum atomic E-state index is -0.800. The average Bonchev–Trinajstić information content (AvgIpc) is 2.72. The zero-order chi connectivity index (χ0) is 16.1. The SMILES string of the molecule is COc1cc2c(c(OC)c1OC)C(CCC(=O)O)=CCCC2. The Morgan fingerprint density at radius 3 is 2.50 bits per heavy atom. The summed E-state index contributed by atoms with van der Waals surface area (Å²) in [6.07, 6.45) is 5.54. The maximum Gasteiger partial charge on any atom is 0.303 e. The highest BCUT2D eigenvalue weighted by molar-refractivity contribution is 5.80. The van der Waals surface area contributed by atoms with E-state index >= 15 is 0 Å². The van der Waals surface area contributed by atoms with Crippen LogP contribution in [-0.4, -0.2) is 32.4 Å². The molecule has 1 aromatic rings. The van der Waals surface area contributed by atoms with Gasteiger partial charge >= 0.3 is 5.97 Å². The fraction of sp³-hybridized carbons (Fsp3) is 0.471. The Kier molecular flexibility index (Phi) is 5.31. The summed E-state index contributed by atoms with van der Waals surface area (Å²) in [5.74, 6) is 1.01. The van der Waals surface area contributed by atoms with E-state index in [1.54, 1.807) is 21.3 Å². The van der Waals surface area contributed by atoms with Crippen LogP contribution in [0.1, 0.15) is 36.8 Å². The highest BCUT2D eigenvalue weighted by Crippen LogP contribution is 2.47. The van der Waals surface area contributed by atoms with Crippen molar-refractivity contribution in [2.45, 2.75) is 32.1 Å². The molecule has 0 heterocycles. The molecule has 0 atom stereocenters. The number of aliphatic carboxylic acids is 1. The van der Waals surface area contributed by atoms with Gasteiger partial charge in [0.1, 0.15) is 0 Å². The number of fused-ring (bicyclic) bond motifs is 1. The summed E-state index contributed by atoms with van der Waals surface area (Å²) < 4.78 is 16.4. The van der Waals surface area contributed by atoms with E-state index in [2.05, 4.69) is 6.08 Å². The van der Waals surface area contributed by atoms with Crippen molar-refractivity contribution in [2.75, 3.05) is 21.3 Å². The van der Waals surface area contributed by atoms with Crippen LogP contribution in [0.25, 0.3) is 5.57 Å². The predicted octanol–water partition coefficient (Wildman–Crippen LogP) is 3.30. The normalized spacial score (nSPS) is 13.7. The number of carbonyl (C=O) groups is 1. The first-order valence-corrected chi connectivity index (χ1v) is 7.35. The van der Waals surface area contributed by atoms with Crippen LogP contribution in [-0.2, 0) is 11.2 Å². The van der Waals surface area contributed by atoms with Crippen molar-refractivity contribution in [3.63, 3.8) is 0 Å². The molecule has 22 heavy (non-hydrogen) atoms. The van der Waals surface area contributed by atoms with E-state index in [-0.39, 0.29) is 6.42 Å². The van der Waals surface area contributed by atoms with Gasteiger partial charge in [-0.3, -0.25) is 4.79 Å². The third kappa shape index (κ3) is 3.18. The quantitative estimate of drug-likeness (QED) is 0.873. The van der Waals surface area contributed by atoms with Crippen LogP contribution < -0.4 is 14.2 Å². The summed E-state index contributed by atoms with van der Waals surface area (Å²) in [5, 5.41) is 8.97. The number of hydrogen-bond donors (Lipinski definition) is 1. The maximum absolute atomic E-state index is 10.9. The van der Waals surface area contributed by atoms with E-state index in [0.717, 1.165) is 36.0 Å². The fourth-order valence-electron chi connectivity index (χ4n) is 2.90. The highest BCUT2D eigenvalue weighted by Gasteiger charge is 2.24. The molecule has 2 rings (SSSR count). The number of carboxylic acid groups (broad SMARTS) is 1.